The van der Waals surface area contributed by atoms with Crippen LogP contribution in [0.3, 0.4) is 0 Å². The second-order valence-corrected chi connectivity index (χ2v) is 2.73. The molecular weight excluding hydrogens is 138 g/mol. The monoisotopic (exact) mass is 150 g/mol. The minimum absolute atomic E-state index is 0.178. The van der Waals surface area contributed by atoms with Crippen molar-refractivity contribution >= 4 is 0 Å². The van der Waals surface area contributed by atoms with Gasteiger partial charge in [0.05, 0.1) is 12.3 Å². The Morgan fingerprint density at radius 2 is 2.27 bits per heavy atom. The molecule has 0 unspecified atom stereocenters. The molecule has 1 aromatic heterocycles. The predicted molar refractivity (Wildman–Crippen MR) is 43.6 cm³/mol. The van der Waals surface area contributed by atoms with Crippen LogP contribution < -0.4 is 4.74 Å². The fourth-order valence-electron chi connectivity index (χ4n) is 0.760. The predicted octanol–water partition coefficient (Wildman–Crippen LogP) is 1.98. The summed E-state index contributed by atoms with van der Waals surface area (Å²) >= 11 is 0. The summed E-state index contributed by atoms with van der Waals surface area (Å²) in [6.45, 7) is 5.93. The van der Waals surface area contributed by atoms with Gasteiger partial charge in [-0.3, -0.25) is 0 Å². The highest BCUT2D eigenvalue weighted by molar-refractivity contribution is 5.22. The van der Waals surface area contributed by atoms with Crippen LogP contribution >= 0.6 is 0 Å². The Bertz CT molecular complexity index is 233. The van der Waals surface area contributed by atoms with E-state index in [0.717, 1.165) is 5.56 Å². The van der Waals surface area contributed by atoms with Crippen LogP contribution in [0.25, 0.3) is 0 Å². The van der Waals surface area contributed by atoms with Crippen molar-refractivity contribution in [1.29, 1.82) is 0 Å². The second kappa shape index (κ2) is 3.37. The van der Waals surface area contributed by atoms with Gasteiger partial charge in [-0.1, -0.05) is 6.07 Å². The van der Waals surface area contributed by atoms with Crippen molar-refractivity contribution < 1.29 is 4.74 Å². The molecule has 11 heavy (non-hydrogen) atoms. The van der Waals surface area contributed by atoms with E-state index in [1.807, 2.05) is 26.8 Å². The molecule has 2 nitrogen and oxygen atoms in total. The van der Waals surface area contributed by atoms with Gasteiger partial charge in [0, 0.05) is 5.56 Å². The number of hydrogen-bond donors (Lipinski definition) is 0. The maximum atomic E-state index is 5.40. The quantitative estimate of drug-likeness (QED) is 0.643. The van der Waals surface area contributed by atoms with E-state index in [2.05, 4.69) is 11.2 Å². The molecule has 0 aliphatic heterocycles. The third-order valence-electron chi connectivity index (χ3n) is 1.26. The summed E-state index contributed by atoms with van der Waals surface area (Å²) in [5.41, 5.74) is 1.05. The van der Waals surface area contributed by atoms with Crippen LogP contribution in [0.1, 0.15) is 19.4 Å². The van der Waals surface area contributed by atoms with Crippen molar-refractivity contribution in [3.8, 4) is 5.88 Å². The van der Waals surface area contributed by atoms with E-state index < -0.39 is 0 Å². The molecule has 1 heterocycles. The first-order valence-corrected chi connectivity index (χ1v) is 3.70. The molecule has 0 bridgehead atoms. The molecule has 0 N–H and O–H groups in total. The van der Waals surface area contributed by atoms with E-state index in [4.69, 9.17) is 4.74 Å². The van der Waals surface area contributed by atoms with E-state index in [1.165, 1.54) is 0 Å². The van der Waals surface area contributed by atoms with Crippen molar-refractivity contribution in [3.05, 3.63) is 23.9 Å². The van der Waals surface area contributed by atoms with Crippen LogP contribution in [-0.4, -0.2) is 11.1 Å². The fraction of sp³-hybridized carbons (Fsp3) is 0.444. The minimum Gasteiger partial charge on any atom is -0.475 e. The summed E-state index contributed by atoms with van der Waals surface area (Å²) in [4.78, 5) is 3.97. The Balaban J connectivity index is 2.78. The molecule has 0 aliphatic carbocycles. The normalized spacial score (nSPS) is 10.2. The first kappa shape index (κ1) is 8.05. The van der Waals surface area contributed by atoms with Crippen LogP contribution in [0, 0.1) is 13.1 Å². The minimum atomic E-state index is 0.178. The molecule has 0 aromatic carbocycles. The van der Waals surface area contributed by atoms with Gasteiger partial charge in [0.1, 0.15) is 0 Å². The van der Waals surface area contributed by atoms with Gasteiger partial charge in [-0.2, -0.15) is 0 Å². The number of pyridine rings is 1. The van der Waals surface area contributed by atoms with Gasteiger partial charge in [-0.25, -0.2) is 4.98 Å². The zero-order valence-electron chi connectivity index (χ0n) is 7.09. The van der Waals surface area contributed by atoms with Crippen molar-refractivity contribution in [3.63, 3.8) is 0 Å². The van der Waals surface area contributed by atoms with Crippen LogP contribution in [0.15, 0.2) is 12.1 Å². The average molecular weight is 150 g/mol. The first-order valence-electron chi connectivity index (χ1n) is 3.70. The Morgan fingerprint density at radius 3 is 2.82 bits per heavy atom. The number of rotatable bonds is 2. The standard InChI is InChI=1S/C9H12NO/c1-7(2)11-9-8(3)5-4-6-10-9/h4-5,7H,1-3H3. The largest absolute Gasteiger partial charge is 0.475 e. The third kappa shape index (κ3) is 2.22. The van der Waals surface area contributed by atoms with E-state index >= 15 is 0 Å². The zero-order chi connectivity index (χ0) is 8.27. The maximum absolute atomic E-state index is 5.40. The van der Waals surface area contributed by atoms with Crippen molar-refractivity contribution in [2.75, 3.05) is 0 Å². The number of hydrogen-bond acceptors (Lipinski definition) is 2. The van der Waals surface area contributed by atoms with Crippen LogP contribution in [-0.2, 0) is 0 Å². The lowest BCUT2D eigenvalue weighted by atomic mass is 10.3. The first-order chi connectivity index (χ1) is 5.20. The molecule has 0 saturated heterocycles. The number of aromatic nitrogens is 1. The van der Waals surface area contributed by atoms with Crippen LogP contribution in [0.5, 0.6) is 5.88 Å². The summed E-state index contributed by atoms with van der Waals surface area (Å²) in [7, 11) is 0. The third-order valence-corrected chi connectivity index (χ3v) is 1.26. The van der Waals surface area contributed by atoms with Gasteiger partial charge in [0.2, 0.25) is 5.88 Å². The topological polar surface area (TPSA) is 22.1 Å². The molecule has 0 aliphatic rings. The second-order valence-electron chi connectivity index (χ2n) is 2.73. The molecule has 2 heteroatoms. The molecule has 0 amide bonds. The maximum Gasteiger partial charge on any atom is 0.217 e. The highest BCUT2D eigenvalue weighted by Crippen LogP contribution is 2.12. The number of ether oxygens (including phenoxy) is 1. The van der Waals surface area contributed by atoms with Crippen molar-refractivity contribution in [1.82, 2.24) is 4.98 Å². The van der Waals surface area contributed by atoms with Gasteiger partial charge in [0.15, 0.2) is 0 Å². The zero-order valence-corrected chi connectivity index (χ0v) is 7.09. The molecule has 0 fully saturated rings. The van der Waals surface area contributed by atoms with Crippen LogP contribution in [0.2, 0.25) is 0 Å². The molecule has 1 aromatic rings. The summed E-state index contributed by atoms with van der Waals surface area (Å²) in [5.74, 6) is 0.683. The Morgan fingerprint density at radius 1 is 1.55 bits per heavy atom. The van der Waals surface area contributed by atoms with Crippen LogP contribution in [0.4, 0.5) is 0 Å². The smallest absolute Gasteiger partial charge is 0.217 e. The summed E-state index contributed by atoms with van der Waals surface area (Å²) in [5, 5.41) is 0. The number of aryl methyl sites for hydroxylation is 1. The van der Waals surface area contributed by atoms with Crippen molar-refractivity contribution in [2.45, 2.75) is 26.9 Å². The van der Waals surface area contributed by atoms with E-state index in [1.54, 1.807) is 6.07 Å². The lowest BCUT2D eigenvalue weighted by molar-refractivity contribution is 0.231. The van der Waals surface area contributed by atoms with Crippen molar-refractivity contribution in [2.24, 2.45) is 0 Å². The molecule has 1 rings (SSSR count). The Kier molecular flexibility index (Phi) is 2.47. The van der Waals surface area contributed by atoms with Gasteiger partial charge >= 0.3 is 0 Å². The van der Waals surface area contributed by atoms with E-state index in [9.17, 15) is 0 Å². The van der Waals surface area contributed by atoms with E-state index in [-0.39, 0.29) is 6.10 Å². The Hall–Kier alpha value is -1.05. The highest BCUT2D eigenvalue weighted by atomic mass is 16.5. The molecular formula is C9H12NO. The Labute approximate surface area is 67.2 Å². The van der Waals surface area contributed by atoms with Gasteiger partial charge in [-0.15, -0.1) is 0 Å². The molecule has 0 saturated carbocycles. The summed E-state index contributed by atoms with van der Waals surface area (Å²) in [6, 6.07) is 3.72. The molecule has 59 valence electrons. The molecule has 0 spiro atoms. The molecule has 1 radical (unpaired) electrons. The van der Waals surface area contributed by atoms with Gasteiger partial charge in [0.25, 0.3) is 0 Å². The fourth-order valence-corrected chi connectivity index (χ4v) is 0.760. The van der Waals surface area contributed by atoms with Gasteiger partial charge < -0.3 is 4.74 Å². The van der Waals surface area contributed by atoms with E-state index in [0.29, 0.717) is 5.88 Å². The average Bonchev–Trinajstić information content (AvgIpc) is 1.93. The highest BCUT2D eigenvalue weighted by Gasteiger charge is 2.00. The molecule has 0 atom stereocenters. The van der Waals surface area contributed by atoms with Gasteiger partial charge in [-0.05, 0) is 26.8 Å². The summed E-state index contributed by atoms with van der Waals surface area (Å²) < 4.78 is 5.40. The summed E-state index contributed by atoms with van der Waals surface area (Å²) in [6.07, 6.45) is 2.91. The SMILES string of the molecule is Cc1cc[c]nc1OC(C)C. The number of nitrogens with zero attached hydrogens (tertiary/aromatic N) is 1. The lowest BCUT2D eigenvalue weighted by Gasteiger charge is -2.09. The lowest BCUT2D eigenvalue weighted by Crippen LogP contribution is -2.07.